The number of alkyl halides is 4. The number of rotatable bonds is 9. The van der Waals surface area contributed by atoms with Crippen LogP contribution in [0.3, 0.4) is 0 Å². The highest BCUT2D eigenvalue weighted by atomic mass is 35.5. The van der Waals surface area contributed by atoms with Crippen molar-refractivity contribution in [3.8, 4) is 0 Å². The van der Waals surface area contributed by atoms with Crippen molar-refractivity contribution in [2.75, 3.05) is 38.2 Å². The zero-order valence-corrected chi connectivity index (χ0v) is 25.6. The normalized spacial score (nSPS) is 22.4. The Morgan fingerprint density at radius 1 is 1.14 bits per heavy atom. The van der Waals surface area contributed by atoms with Crippen molar-refractivity contribution in [1.29, 1.82) is 0 Å². The molecule has 0 spiro atoms. The summed E-state index contributed by atoms with van der Waals surface area (Å²) in [6.45, 7) is 1.39. The molecule has 2 heterocycles. The zero-order chi connectivity index (χ0) is 31.2. The van der Waals surface area contributed by atoms with Crippen molar-refractivity contribution >= 4 is 60.7 Å². The molecule has 17 heteroatoms. The molecule has 1 aromatic carbocycles. The Morgan fingerprint density at radius 2 is 1.83 bits per heavy atom. The number of aliphatic imine (C=N–C) groups is 1. The van der Waals surface area contributed by atoms with Crippen molar-refractivity contribution in [1.82, 2.24) is 14.5 Å². The number of hydrogen-bond acceptors (Lipinski definition) is 7. The fraction of sp³-hybridized carbons (Fsp3) is 0.480. The van der Waals surface area contributed by atoms with Crippen LogP contribution in [0.15, 0.2) is 50.9 Å². The summed E-state index contributed by atoms with van der Waals surface area (Å²) < 4.78 is 93.2. The Kier molecular flexibility index (Phi) is 9.32. The maximum atomic E-state index is 14.3. The fourth-order valence-corrected chi connectivity index (χ4v) is 7.23. The summed E-state index contributed by atoms with van der Waals surface area (Å²) in [5.74, 6) is -1.52. The van der Waals surface area contributed by atoms with Gasteiger partial charge in [0, 0.05) is 24.7 Å². The van der Waals surface area contributed by atoms with Gasteiger partial charge in [-0.3, -0.25) is 14.6 Å². The lowest BCUT2D eigenvalue weighted by molar-refractivity contribution is -0.124. The van der Waals surface area contributed by atoms with E-state index in [0.29, 0.717) is 30.5 Å². The molecule has 1 saturated heterocycles. The molecular weight excluding hydrogens is 644 g/mol. The average Bonchev–Trinajstić information content (AvgIpc) is 3.33. The summed E-state index contributed by atoms with van der Waals surface area (Å²) in [6.07, 6.45) is -2.73. The molecule has 0 aromatic heterocycles. The SMILES string of the molecule is CCS(=O)(=O)c1ccc(Cl)cc1CN1C(=O)N=C2C(=CC(C(F)(F)F)=C(CN3CC[C@@H](CNS(C)(=O)=O)C3)C2Cl)C1=O. The highest BCUT2D eigenvalue weighted by Crippen LogP contribution is 2.40. The van der Waals surface area contributed by atoms with Gasteiger partial charge in [0.15, 0.2) is 9.84 Å². The van der Waals surface area contributed by atoms with Crippen molar-refractivity contribution in [3.05, 3.63) is 51.6 Å². The van der Waals surface area contributed by atoms with Gasteiger partial charge in [0.2, 0.25) is 10.0 Å². The fourth-order valence-electron chi connectivity index (χ4n) is 5.04. The van der Waals surface area contributed by atoms with Gasteiger partial charge >= 0.3 is 12.2 Å². The molecule has 1 N–H and O–H groups in total. The van der Waals surface area contributed by atoms with Crippen LogP contribution in [0.25, 0.3) is 0 Å². The van der Waals surface area contributed by atoms with Gasteiger partial charge in [-0.25, -0.2) is 26.4 Å². The molecule has 42 heavy (non-hydrogen) atoms. The van der Waals surface area contributed by atoms with Crippen LogP contribution in [0.4, 0.5) is 18.0 Å². The van der Waals surface area contributed by atoms with Crippen LogP contribution in [0.1, 0.15) is 18.9 Å². The van der Waals surface area contributed by atoms with Crippen LogP contribution in [0, 0.1) is 5.92 Å². The third-order valence-corrected chi connectivity index (χ3v) is 10.4. The zero-order valence-electron chi connectivity index (χ0n) is 22.4. The molecule has 3 aliphatic rings. The lowest BCUT2D eigenvalue weighted by Crippen LogP contribution is -2.46. The van der Waals surface area contributed by atoms with Crippen LogP contribution in [-0.4, -0.2) is 94.0 Å². The highest BCUT2D eigenvalue weighted by molar-refractivity contribution is 7.91. The smallest absolute Gasteiger partial charge is 0.299 e. The number of likely N-dealkylation sites (tertiary alicyclic amines) is 1. The van der Waals surface area contributed by atoms with Gasteiger partial charge in [0.05, 0.1) is 45.7 Å². The second-order valence-corrected chi connectivity index (χ2v) is 15.1. The Bertz CT molecular complexity index is 1620. The molecule has 0 bridgehead atoms. The van der Waals surface area contributed by atoms with Gasteiger partial charge in [0.1, 0.15) is 0 Å². The molecule has 230 valence electrons. The Labute approximate surface area is 251 Å². The topological polar surface area (TPSA) is 133 Å². The minimum absolute atomic E-state index is 0.00441. The maximum absolute atomic E-state index is 14.3. The van der Waals surface area contributed by atoms with E-state index < -0.39 is 61.0 Å². The van der Waals surface area contributed by atoms with E-state index in [9.17, 15) is 39.6 Å². The lowest BCUT2D eigenvalue weighted by atomic mass is 9.87. The minimum Gasteiger partial charge on any atom is -0.299 e. The number of carbonyl (C=O) groups is 2. The number of amides is 3. The third kappa shape index (κ3) is 7.08. The van der Waals surface area contributed by atoms with Crippen molar-refractivity contribution in [3.63, 3.8) is 0 Å². The molecular formula is C25H27Cl2F3N4O6S2. The first-order chi connectivity index (χ1) is 19.4. The number of sulfone groups is 1. The van der Waals surface area contributed by atoms with E-state index in [2.05, 4.69) is 9.71 Å². The molecule has 2 aliphatic heterocycles. The number of urea groups is 1. The molecule has 3 amide bonds. The van der Waals surface area contributed by atoms with Gasteiger partial charge < -0.3 is 0 Å². The molecule has 0 saturated carbocycles. The standard InChI is InChI=1S/C25H27Cl2F3N4O6S2/c1-3-42(39,40)20-5-4-16(26)8-15(20)12-34-23(35)17-9-19(25(28,29)30)18(21(27)22(17)32-24(34)36)13-33-7-6-14(11-33)10-31-41(2,37)38/h4-5,8-9,14,21,31H,3,6-7,10-13H2,1-2H3/t14-,21?/m0/s1. The lowest BCUT2D eigenvalue weighted by Gasteiger charge is -2.33. The number of allylic oxidation sites excluding steroid dienone is 2. The first-order valence-corrected chi connectivity index (χ1v) is 17.1. The van der Waals surface area contributed by atoms with Crippen molar-refractivity contribution in [2.24, 2.45) is 10.9 Å². The summed E-state index contributed by atoms with van der Waals surface area (Å²) in [5, 5.41) is -1.42. The monoisotopic (exact) mass is 670 g/mol. The largest absolute Gasteiger partial charge is 0.416 e. The molecule has 1 aromatic rings. The van der Waals surface area contributed by atoms with E-state index in [0.717, 1.165) is 6.26 Å². The van der Waals surface area contributed by atoms with Crippen molar-refractivity contribution < 1.29 is 39.6 Å². The molecule has 10 nitrogen and oxygen atoms in total. The molecule has 1 unspecified atom stereocenters. The van der Waals surface area contributed by atoms with Gasteiger partial charge in [-0.2, -0.15) is 18.2 Å². The summed E-state index contributed by atoms with van der Waals surface area (Å²) in [5.41, 5.74) is -2.28. The first-order valence-electron chi connectivity index (χ1n) is 12.7. The predicted molar refractivity (Wildman–Crippen MR) is 151 cm³/mol. The number of carbonyl (C=O) groups excluding carboxylic acids is 2. The third-order valence-electron chi connectivity index (χ3n) is 7.15. The number of halogens is 5. The van der Waals surface area contributed by atoms with E-state index in [4.69, 9.17) is 23.2 Å². The van der Waals surface area contributed by atoms with Gasteiger partial charge in [-0.05, 0) is 54.3 Å². The first kappa shape index (κ1) is 32.6. The maximum Gasteiger partial charge on any atom is 0.416 e. The van der Waals surface area contributed by atoms with E-state index in [1.165, 1.54) is 25.1 Å². The average molecular weight is 672 g/mol. The number of nitrogens with zero attached hydrogens (tertiary/aromatic N) is 3. The number of hydrogen-bond donors (Lipinski definition) is 1. The Hall–Kier alpha value is -2.30. The molecule has 1 aliphatic carbocycles. The summed E-state index contributed by atoms with van der Waals surface area (Å²) in [6, 6.07) is 2.71. The van der Waals surface area contributed by atoms with Crippen LogP contribution in [0.2, 0.25) is 5.02 Å². The predicted octanol–water partition coefficient (Wildman–Crippen LogP) is 3.31. The number of nitrogens with one attached hydrogen (secondary N) is 1. The van der Waals surface area contributed by atoms with E-state index in [-0.39, 0.29) is 51.5 Å². The van der Waals surface area contributed by atoms with Crippen LogP contribution in [0.5, 0.6) is 0 Å². The van der Waals surface area contributed by atoms with E-state index >= 15 is 0 Å². The van der Waals surface area contributed by atoms with Crippen LogP contribution >= 0.6 is 23.2 Å². The number of sulfonamides is 1. The van der Waals surface area contributed by atoms with Crippen LogP contribution in [-0.2, 0) is 31.2 Å². The molecule has 2 atom stereocenters. The van der Waals surface area contributed by atoms with Crippen molar-refractivity contribution in [2.45, 2.75) is 36.3 Å². The van der Waals surface area contributed by atoms with Gasteiger partial charge in [0.25, 0.3) is 5.91 Å². The van der Waals surface area contributed by atoms with E-state index in [1.54, 1.807) is 4.90 Å². The second kappa shape index (κ2) is 12.0. The highest BCUT2D eigenvalue weighted by Gasteiger charge is 2.46. The number of fused-ring (bicyclic) bond motifs is 1. The summed E-state index contributed by atoms with van der Waals surface area (Å²) in [7, 11) is -7.23. The molecule has 4 rings (SSSR count). The second-order valence-electron chi connectivity index (χ2n) is 10.2. The van der Waals surface area contributed by atoms with Gasteiger partial charge in [-0.1, -0.05) is 18.5 Å². The number of benzene rings is 1. The summed E-state index contributed by atoms with van der Waals surface area (Å²) in [4.78, 5) is 32.3. The Morgan fingerprint density at radius 3 is 2.45 bits per heavy atom. The van der Waals surface area contributed by atoms with E-state index in [1.807, 2.05) is 0 Å². The van der Waals surface area contributed by atoms with Crippen LogP contribution < -0.4 is 4.72 Å². The molecule has 0 radical (unpaired) electrons. The summed E-state index contributed by atoms with van der Waals surface area (Å²) >= 11 is 12.5. The number of imide groups is 1. The molecule has 1 fully saturated rings. The Balaban J connectivity index is 1.66. The minimum atomic E-state index is -4.90. The van der Waals surface area contributed by atoms with Gasteiger partial charge in [-0.15, -0.1) is 11.6 Å². The quantitative estimate of drug-likeness (QED) is 0.399.